The van der Waals surface area contributed by atoms with E-state index in [4.69, 9.17) is 35.3 Å². The van der Waals surface area contributed by atoms with Gasteiger partial charge in [-0.2, -0.15) is 0 Å². The van der Waals surface area contributed by atoms with Crippen LogP contribution < -0.4 is 19.3 Å². The lowest BCUT2D eigenvalue weighted by molar-refractivity contribution is -0.385. The standard InChI is InChI=1S/C23H22ClNO12/c1-10(22(29)30)14-6-16(24)20(17(7-14)25(31)32)37-19-9-15(23(35-12(3)27)36-13(4)28)8-18(33-5)21(19)34-11(2)26/h6-10,23H,1-5H3,(H,29,30)/p-1. The Morgan fingerprint density at radius 3 is 1.92 bits per heavy atom. The summed E-state index contributed by atoms with van der Waals surface area (Å²) in [5.74, 6) is -6.57. The first-order valence-electron chi connectivity index (χ1n) is 10.4. The van der Waals surface area contributed by atoms with Gasteiger partial charge in [0, 0.05) is 44.3 Å². The van der Waals surface area contributed by atoms with Gasteiger partial charge in [0.15, 0.2) is 11.5 Å². The number of carboxylic acids is 1. The van der Waals surface area contributed by atoms with Gasteiger partial charge in [-0.25, -0.2) is 0 Å². The van der Waals surface area contributed by atoms with Crippen LogP contribution in [0.1, 0.15) is 51.0 Å². The third-order valence-electron chi connectivity index (χ3n) is 4.64. The van der Waals surface area contributed by atoms with Crippen LogP contribution in [0.5, 0.6) is 23.0 Å². The van der Waals surface area contributed by atoms with Gasteiger partial charge in [0.2, 0.25) is 11.5 Å². The van der Waals surface area contributed by atoms with E-state index >= 15 is 0 Å². The van der Waals surface area contributed by atoms with Crippen LogP contribution in [0.3, 0.4) is 0 Å². The van der Waals surface area contributed by atoms with Crippen molar-refractivity contribution in [1.29, 1.82) is 0 Å². The number of methoxy groups -OCH3 is 1. The summed E-state index contributed by atoms with van der Waals surface area (Å²) in [5.41, 5.74) is -0.778. The van der Waals surface area contributed by atoms with Crippen molar-refractivity contribution in [2.75, 3.05) is 7.11 Å². The molecule has 1 atom stereocenters. The van der Waals surface area contributed by atoms with Crippen molar-refractivity contribution in [3.8, 4) is 23.0 Å². The van der Waals surface area contributed by atoms with Gasteiger partial charge in [-0.05, 0) is 23.8 Å². The molecule has 0 aliphatic rings. The summed E-state index contributed by atoms with van der Waals surface area (Å²) in [5, 5.41) is 22.7. The van der Waals surface area contributed by atoms with Gasteiger partial charge in [-0.1, -0.05) is 18.5 Å². The summed E-state index contributed by atoms with van der Waals surface area (Å²) < 4.78 is 26.1. The number of esters is 3. The summed E-state index contributed by atoms with van der Waals surface area (Å²) in [4.78, 5) is 57.1. The van der Waals surface area contributed by atoms with Gasteiger partial charge < -0.3 is 33.6 Å². The number of carbonyl (C=O) groups excluding carboxylic acids is 4. The molecule has 0 bridgehead atoms. The van der Waals surface area contributed by atoms with E-state index in [0.717, 1.165) is 39.0 Å². The molecule has 0 aromatic heterocycles. The number of ether oxygens (including phenoxy) is 5. The highest BCUT2D eigenvalue weighted by molar-refractivity contribution is 6.32. The number of nitrogens with zero attached hydrogens (tertiary/aromatic N) is 1. The van der Waals surface area contributed by atoms with Gasteiger partial charge in [0.1, 0.15) is 0 Å². The number of hydrogen-bond acceptors (Lipinski definition) is 12. The molecule has 2 rings (SSSR count). The number of hydrogen-bond donors (Lipinski definition) is 0. The number of nitro benzene ring substituents is 1. The van der Waals surface area contributed by atoms with Gasteiger partial charge in [-0.3, -0.25) is 24.5 Å². The number of carboxylic acid groups (broad SMARTS) is 1. The highest BCUT2D eigenvalue weighted by Gasteiger charge is 2.29. The molecule has 14 heteroatoms. The fraction of sp³-hybridized carbons (Fsp3) is 0.304. The zero-order valence-electron chi connectivity index (χ0n) is 20.2. The summed E-state index contributed by atoms with van der Waals surface area (Å²) in [6.07, 6.45) is -1.59. The van der Waals surface area contributed by atoms with Gasteiger partial charge in [-0.15, -0.1) is 0 Å². The molecule has 0 saturated carbocycles. The predicted molar refractivity (Wildman–Crippen MR) is 122 cm³/mol. The molecule has 0 fully saturated rings. The van der Waals surface area contributed by atoms with Gasteiger partial charge in [0.05, 0.1) is 17.1 Å². The molecule has 0 spiro atoms. The van der Waals surface area contributed by atoms with E-state index in [1.807, 2.05) is 0 Å². The summed E-state index contributed by atoms with van der Waals surface area (Å²) in [6, 6.07) is 4.42. The molecular weight excluding hydrogens is 518 g/mol. The predicted octanol–water partition coefficient (Wildman–Crippen LogP) is 2.95. The molecule has 0 amide bonds. The Morgan fingerprint density at radius 2 is 1.46 bits per heavy atom. The molecule has 0 N–H and O–H groups in total. The topological polar surface area (TPSA) is 181 Å². The Kier molecular flexibility index (Phi) is 9.38. The van der Waals surface area contributed by atoms with Gasteiger partial charge >= 0.3 is 23.6 Å². The number of rotatable bonds is 10. The molecule has 37 heavy (non-hydrogen) atoms. The highest BCUT2D eigenvalue weighted by atomic mass is 35.5. The Morgan fingerprint density at radius 1 is 0.892 bits per heavy atom. The first-order chi connectivity index (χ1) is 17.2. The van der Waals surface area contributed by atoms with Crippen molar-refractivity contribution in [3.05, 3.63) is 50.5 Å². The van der Waals surface area contributed by atoms with Gasteiger partial charge in [0.25, 0.3) is 6.29 Å². The smallest absolute Gasteiger partial charge is 0.313 e. The monoisotopic (exact) mass is 538 g/mol. The molecule has 2 aromatic rings. The fourth-order valence-electron chi connectivity index (χ4n) is 3.00. The lowest BCUT2D eigenvalue weighted by Crippen LogP contribution is -2.28. The second-order valence-corrected chi connectivity index (χ2v) is 7.85. The first-order valence-corrected chi connectivity index (χ1v) is 10.7. The molecule has 0 aliphatic heterocycles. The van der Waals surface area contributed by atoms with E-state index in [9.17, 15) is 34.4 Å². The minimum absolute atomic E-state index is 0.0274. The Balaban J connectivity index is 2.78. The minimum atomic E-state index is -1.59. The molecule has 0 heterocycles. The lowest BCUT2D eigenvalue weighted by Gasteiger charge is -2.21. The van der Waals surface area contributed by atoms with Crippen LogP contribution in [0, 0.1) is 10.1 Å². The largest absolute Gasteiger partial charge is 0.550 e. The number of aliphatic carboxylic acids is 1. The molecule has 0 aliphatic carbocycles. The van der Waals surface area contributed by atoms with Crippen molar-refractivity contribution in [2.45, 2.75) is 39.9 Å². The van der Waals surface area contributed by atoms with Crippen LogP contribution >= 0.6 is 11.6 Å². The van der Waals surface area contributed by atoms with Crippen LogP contribution in [0.25, 0.3) is 0 Å². The summed E-state index contributed by atoms with van der Waals surface area (Å²) >= 11 is 6.23. The zero-order chi connectivity index (χ0) is 28.0. The van der Waals surface area contributed by atoms with E-state index in [1.165, 1.54) is 20.1 Å². The van der Waals surface area contributed by atoms with Crippen molar-refractivity contribution >= 4 is 41.2 Å². The molecule has 13 nitrogen and oxygen atoms in total. The Hall–Kier alpha value is -4.39. The van der Waals surface area contributed by atoms with Crippen molar-refractivity contribution in [2.24, 2.45) is 0 Å². The Bertz CT molecular complexity index is 1240. The summed E-state index contributed by atoms with van der Waals surface area (Å²) in [7, 11) is 1.20. The third-order valence-corrected chi connectivity index (χ3v) is 4.92. The quantitative estimate of drug-likeness (QED) is 0.142. The maximum absolute atomic E-state index is 11.8. The maximum atomic E-state index is 11.8. The van der Waals surface area contributed by atoms with Crippen LogP contribution in [-0.2, 0) is 28.7 Å². The van der Waals surface area contributed by atoms with E-state index in [2.05, 4.69) is 0 Å². The van der Waals surface area contributed by atoms with Crippen LogP contribution in [-0.4, -0.2) is 35.9 Å². The molecule has 0 radical (unpaired) electrons. The normalized spacial score (nSPS) is 11.3. The third kappa shape index (κ3) is 7.30. The summed E-state index contributed by atoms with van der Waals surface area (Å²) in [6.45, 7) is 4.46. The van der Waals surface area contributed by atoms with Crippen molar-refractivity contribution in [3.63, 3.8) is 0 Å². The van der Waals surface area contributed by atoms with Crippen LogP contribution in [0.15, 0.2) is 24.3 Å². The number of halogens is 1. The zero-order valence-corrected chi connectivity index (χ0v) is 20.9. The molecule has 198 valence electrons. The van der Waals surface area contributed by atoms with E-state index < -0.39 is 52.4 Å². The second kappa shape index (κ2) is 12.0. The molecule has 0 saturated heterocycles. The van der Waals surface area contributed by atoms with Crippen molar-refractivity contribution < 1.29 is 52.9 Å². The number of nitro groups is 1. The first kappa shape index (κ1) is 28.8. The highest BCUT2D eigenvalue weighted by Crippen LogP contribution is 2.47. The van der Waals surface area contributed by atoms with E-state index in [0.29, 0.717) is 0 Å². The SMILES string of the molecule is COc1cc(C(OC(C)=O)OC(C)=O)cc(Oc2c(Cl)cc(C(C)C(=O)[O-])cc2[N+](=O)[O-])c1OC(C)=O. The van der Waals surface area contributed by atoms with Crippen LogP contribution in [0.4, 0.5) is 5.69 Å². The van der Waals surface area contributed by atoms with E-state index in [-0.39, 0.29) is 33.4 Å². The van der Waals surface area contributed by atoms with E-state index in [1.54, 1.807) is 0 Å². The molecular formula is C23H21ClNO12-. The maximum Gasteiger partial charge on any atom is 0.313 e. The second-order valence-electron chi connectivity index (χ2n) is 7.45. The number of benzene rings is 2. The average molecular weight is 539 g/mol. The average Bonchev–Trinajstić information content (AvgIpc) is 2.78. The Labute approximate surface area is 214 Å². The minimum Gasteiger partial charge on any atom is -0.550 e. The number of carbonyl (C=O) groups is 4. The fourth-order valence-corrected chi connectivity index (χ4v) is 3.26. The molecule has 1 unspecified atom stereocenters. The van der Waals surface area contributed by atoms with Crippen LogP contribution in [0.2, 0.25) is 5.02 Å². The molecule has 2 aromatic carbocycles. The van der Waals surface area contributed by atoms with Crippen molar-refractivity contribution in [1.82, 2.24) is 0 Å². The lowest BCUT2D eigenvalue weighted by atomic mass is 10.0.